The van der Waals surface area contributed by atoms with Crippen LogP contribution in [-0.4, -0.2) is 25.6 Å². The molecule has 6 heteroatoms. The van der Waals surface area contributed by atoms with E-state index in [1.54, 1.807) is 11.9 Å². The van der Waals surface area contributed by atoms with Gasteiger partial charge in [-0.05, 0) is 30.2 Å². The van der Waals surface area contributed by atoms with Gasteiger partial charge in [0.1, 0.15) is 5.75 Å². The summed E-state index contributed by atoms with van der Waals surface area (Å²) < 4.78 is 5.63. The number of nitrogens with one attached hydrogen (secondary N) is 2. The molecule has 2 aliphatic rings. The number of hydrogen-bond acceptors (Lipinski definition) is 3. The van der Waals surface area contributed by atoms with Crippen LogP contribution in [0.5, 0.6) is 5.75 Å². The first-order valence-electron chi connectivity index (χ1n) is 8.80. The number of anilines is 2. The smallest absolute Gasteiger partial charge is 0.319 e. The molecule has 0 radical (unpaired) electrons. The van der Waals surface area contributed by atoms with Gasteiger partial charge in [-0.2, -0.15) is 0 Å². The Morgan fingerprint density at radius 2 is 2.04 bits per heavy atom. The molecule has 3 amide bonds. The lowest BCUT2D eigenvalue weighted by atomic mass is 10.0. The molecule has 2 aromatic carbocycles. The highest BCUT2D eigenvalue weighted by molar-refractivity contribution is 5.97. The number of carbonyl (C=O) groups is 2. The van der Waals surface area contributed by atoms with E-state index in [1.807, 2.05) is 42.5 Å². The van der Waals surface area contributed by atoms with Crippen LogP contribution in [0.15, 0.2) is 42.5 Å². The molecule has 2 N–H and O–H groups in total. The van der Waals surface area contributed by atoms with E-state index >= 15 is 0 Å². The summed E-state index contributed by atoms with van der Waals surface area (Å²) in [6.45, 7) is 0.577. The van der Waals surface area contributed by atoms with Crippen LogP contribution in [0.1, 0.15) is 30.0 Å². The first kappa shape index (κ1) is 16.4. The molecule has 0 aromatic heterocycles. The lowest BCUT2D eigenvalue weighted by Crippen LogP contribution is -2.35. The average molecular weight is 351 g/mol. The van der Waals surface area contributed by atoms with Crippen molar-refractivity contribution in [3.63, 3.8) is 0 Å². The highest BCUT2D eigenvalue weighted by Crippen LogP contribution is 2.32. The molecule has 26 heavy (non-hydrogen) atoms. The Balaban J connectivity index is 1.47. The van der Waals surface area contributed by atoms with E-state index in [2.05, 4.69) is 10.6 Å². The third-order valence-electron chi connectivity index (χ3n) is 4.95. The van der Waals surface area contributed by atoms with Crippen LogP contribution in [0.3, 0.4) is 0 Å². The van der Waals surface area contributed by atoms with Gasteiger partial charge in [0.05, 0.1) is 12.6 Å². The summed E-state index contributed by atoms with van der Waals surface area (Å²) in [6, 6.07) is 13.1. The number of benzene rings is 2. The maximum absolute atomic E-state index is 12.5. The predicted octanol–water partition coefficient (Wildman–Crippen LogP) is 3.24. The van der Waals surface area contributed by atoms with Crippen LogP contribution in [0, 0.1) is 0 Å². The lowest BCUT2D eigenvalue weighted by Gasteiger charge is -2.27. The summed E-state index contributed by atoms with van der Waals surface area (Å²) >= 11 is 0. The summed E-state index contributed by atoms with van der Waals surface area (Å²) in [5.41, 5.74) is 3.64. The highest BCUT2D eigenvalue weighted by atomic mass is 16.5. The standard InChI is InChI=1S/C20H21N3O3/c1-23-17-12-14(8-6-13(17)7-9-19(23)24)21-20(25)22-16-10-11-26-18-5-3-2-4-15(16)18/h2-6,8,12,16H,7,9-11H2,1H3,(H2,21,22,25)/t16-/m1/s1. The van der Waals surface area contributed by atoms with E-state index in [4.69, 9.17) is 4.74 Å². The molecule has 0 bridgehead atoms. The molecule has 134 valence electrons. The fraction of sp³-hybridized carbons (Fsp3) is 0.300. The second-order valence-corrected chi connectivity index (χ2v) is 6.62. The molecule has 0 saturated heterocycles. The topological polar surface area (TPSA) is 70.7 Å². The molecule has 0 unspecified atom stereocenters. The van der Waals surface area contributed by atoms with E-state index in [-0.39, 0.29) is 18.0 Å². The Morgan fingerprint density at radius 1 is 1.19 bits per heavy atom. The molecule has 4 rings (SSSR count). The summed E-state index contributed by atoms with van der Waals surface area (Å²) in [4.78, 5) is 26.0. The zero-order chi connectivity index (χ0) is 18.1. The van der Waals surface area contributed by atoms with Gasteiger partial charge in [0, 0.05) is 36.8 Å². The summed E-state index contributed by atoms with van der Waals surface area (Å²) in [5.74, 6) is 0.913. The maximum Gasteiger partial charge on any atom is 0.319 e. The van der Waals surface area contributed by atoms with Crippen LogP contribution < -0.4 is 20.3 Å². The van der Waals surface area contributed by atoms with Gasteiger partial charge < -0.3 is 20.3 Å². The highest BCUT2D eigenvalue weighted by Gasteiger charge is 2.24. The molecular weight excluding hydrogens is 330 g/mol. The van der Waals surface area contributed by atoms with Crippen LogP contribution in [0.2, 0.25) is 0 Å². The van der Waals surface area contributed by atoms with Gasteiger partial charge in [0.25, 0.3) is 0 Å². The van der Waals surface area contributed by atoms with Crippen molar-refractivity contribution in [2.24, 2.45) is 0 Å². The Kier molecular flexibility index (Phi) is 4.24. The van der Waals surface area contributed by atoms with Crippen molar-refractivity contribution in [2.45, 2.75) is 25.3 Å². The van der Waals surface area contributed by atoms with Gasteiger partial charge in [-0.25, -0.2) is 4.79 Å². The Labute approximate surface area is 152 Å². The number of rotatable bonds is 2. The molecular formula is C20H21N3O3. The normalized spacial score (nSPS) is 18.4. The number of amides is 3. The van der Waals surface area contributed by atoms with Crippen molar-refractivity contribution < 1.29 is 14.3 Å². The van der Waals surface area contributed by atoms with Crippen LogP contribution in [-0.2, 0) is 11.2 Å². The molecule has 2 aromatic rings. The third-order valence-corrected chi connectivity index (χ3v) is 4.95. The molecule has 1 atom stereocenters. The fourth-order valence-corrected chi connectivity index (χ4v) is 3.53. The first-order chi connectivity index (χ1) is 12.6. The molecule has 0 saturated carbocycles. The summed E-state index contributed by atoms with van der Waals surface area (Å²) in [6.07, 6.45) is 2.00. The van der Waals surface area contributed by atoms with Crippen molar-refractivity contribution in [3.8, 4) is 5.75 Å². The Bertz CT molecular complexity index is 865. The molecule has 6 nitrogen and oxygen atoms in total. The molecule has 0 spiro atoms. The van der Waals surface area contributed by atoms with Gasteiger partial charge in [-0.1, -0.05) is 24.3 Å². The predicted molar refractivity (Wildman–Crippen MR) is 99.6 cm³/mol. The van der Waals surface area contributed by atoms with Crippen LogP contribution in [0.4, 0.5) is 16.2 Å². The Hall–Kier alpha value is -3.02. The van der Waals surface area contributed by atoms with Crippen molar-refractivity contribution in [1.29, 1.82) is 0 Å². The summed E-state index contributed by atoms with van der Waals surface area (Å²) in [5, 5.41) is 5.89. The molecule has 0 aliphatic carbocycles. The second-order valence-electron chi connectivity index (χ2n) is 6.62. The van der Waals surface area contributed by atoms with Crippen molar-refractivity contribution in [3.05, 3.63) is 53.6 Å². The Morgan fingerprint density at radius 3 is 2.92 bits per heavy atom. The summed E-state index contributed by atoms with van der Waals surface area (Å²) in [7, 11) is 1.77. The quantitative estimate of drug-likeness (QED) is 0.873. The number of aryl methyl sites for hydroxylation is 1. The van der Waals surface area contributed by atoms with Crippen molar-refractivity contribution in [1.82, 2.24) is 5.32 Å². The third kappa shape index (κ3) is 3.10. The largest absolute Gasteiger partial charge is 0.493 e. The van der Waals surface area contributed by atoms with E-state index in [0.717, 1.165) is 35.4 Å². The van der Waals surface area contributed by atoms with Crippen LogP contribution in [0.25, 0.3) is 0 Å². The lowest BCUT2D eigenvalue weighted by molar-refractivity contribution is -0.118. The minimum absolute atomic E-state index is 0.0816. The van der Waals surface area contributed by atoms with Gasteiger partial charge in [-0.3, -0.25) is 4.79 Å². The zero-order valence-electron chi connectivity index (χ0n) is 14.6. The van der Waals surface area contributed by atoms with E-state index in [9.17, 15) is 9.59 Å². The van der Waals surface area contributed by atoms with E-state index < -0.39 is 0 Å². The average Bonchev–Trinajstić information content (AvgIpc) is 2.65. The van der Waals surface area contributed by atoms with Crippen LogP contribution >= 0.6 is 0 Å². The minimum atomic E-state index is -0.267. The fourth-order valence-electron chi connectivity index (χ4n) is 3.53. The molecule has 2 aliphatic heterocycles. The maximum atomic E-state index is 12.5. The molecule has 0 fully saturated rings. The second kappa shape index (κ2) is 6.71. The van der Waals surface area contributed by atoms with Gasteiger partial charge in [0.2, 0.25) is 5.91 Å². The monoisotopic (exact) mass is 351 g/mol. The van der Waals surface area contributed by atoms with Gasteiger partial charge in [0.15, 0.2) is 0 Å². The van der Waals surface area contributed by atoms with E-state index in [1.165, 1.54) is 0 Å². The van der Waals surface area contributed by atoms with Gasteiger partial charge >= 0.3 is 6.03 Å². The number of fused-ring (bicyclic) bond motifs is 2. The number of hydrogen-bond donors (Lipinski definition) is 2. The number of para-hydroxylation sites is 1. The zero-order valence-corrected chi connectivity index (χ0v) is 14.6. The van der Waals surface area contributed by atoms with Crippen molar-refractivity contribution >= 4 is 23.3 Å². The molecule has 2 heterocycles. The number of urea groups is 1. The number of nitrogens with zero attached hydrogens (tertiary/aromatic N) is 1. The number of carbonyl (C=O) groups excluding carboxylic acids is 2. The minimum Gasteiger partial charge on any atom is -0.493 e. The SMILES string of the molecule is CN1C(=O)CCc2ccc(NC(=O)N[C@@H]3CCOc4ccccc43)cc21. The number of ether oxygens (including phenoxy) is 1. The van der Waals surface area contributed by atoms with E-state index in [0.29, 0.717) is 18.7 Å². The van der Waals surface area contributed by atoms with Gasteiger partial charge in [-0.15, -0.1) is 0 Å². The van der Waals surface area contributed by atoms with Crippen molar-refractivity contribution in [2.75, 3.05) is 23.9 Å². The first-order valence-corrected chi connectivity index (χ1v) is 8.80.